The predicted molar refractivity (Wildman–Crippen MR) is 58.9 cm³/mol. The molecule has 5 heteroatoms. The van der Waals surface area contributed by atoms with Crippen molar-refractivity contribution in [1.82, 2.24) is 10.1 Å². The molecule has 0 aliphatic carbocycles. The zero-order valence-electron chi connectivity index (χ0n) is 8.70. The van der Waals surface area contributed by atoms with Gasteiger partial charge in [-0.2, -0.15) is 4.98 Å². The van der Waals surface area contributed by atoms with E-state index in [1.807, 2.05) is 0 Å². The fourth-order valence-electron chi connectivity index (χ4n) is 1.29. The topological polar surface area (TPSA) is 38.9 Å². The van der Waals surface area contributed by atoms with Crippen LogP contribution in [0.15, 0.2) is 22.7 Å². The van der Waals surface area contributed by atoms with E-state index in [2.05, 4.69) is 10.1 Å². The van der Waals surface area contributed by atoms with Crippen molar-refractivity contribution in [1.29, 1.82) is 0 Å². The van der Waals surface area contributed by atoms with Crippen LogP contribution >= 0.6 is 11.6 Å². The maximum Gasteiger partial charge on any atom is 0.228 e. The van der Waals surface area contributed by atoms with E-state index in [4.69, 9.17) is 16.1 Å². The maximum atomic E-state index is 13.3. The summed E-state index contributed by atoms with van der Waals surface area (Å²) < 4.78 is 18.3. The molecule has 1 aromatic heterocycles. The van der Waals surface area contributed by atoms with Crippen LogP contribution in [0.1, 0.15) is 11.5 Å². The molecule has 1 heterocycles. The minimum atomic E-state index is -0.277. The SMILES string of the molecule is Cc1ccc(-c2noc(CCCl)n2)cc1F. The molecule has 16 heavy (non-hydrogen) atoms. The van der Waals surface area contributed by atoms with Crippen LogP contribution in [-0.2, 0) is 6.42 Å². The third-order valence-electron chi connectivity index (χ3n) is 2.21. The summed E-state index contributed by atoms with van der Waals surface area (Å²) in [5.41, 5.74) is 1.20. The molecule has 0 saturated carbocycles. The molecule has 1 aromatic carbocycles. The van der Waals surface area contributed by atoms with Crippen molar-refractivity contribution in [3.63, 3.8) is 0 Å². The molecule has 3 nitrogen and oxygen atoms in total. The Labute approximate surface area is 97.2 Å². The predicted octanol–water partition coefficient (Wildman–Crippen LogP) is 2.97. The van der Waals surface area contributed by atoms with Crippen molar-refractivity contribution in [3.8, 4) is 11.4 Å². The third-order valence-corrected chi connectivity index (χ3v) is 2.40. The van der Waals surface area contributed by atoms with E-state index in [1.54, 1.807) is 19.1 Å². The van der Waals surface area contributed by atoms with Crippen LogP contribution in [0.4, 0.5) is 4.39 Å². The van der Waals surface area contributed by atoms with Crippen molar-refractivity contribution in [2.24, 2.45) is 0 Å². The normalized spacial score (nSPS) is 10.7. The zero-order valence-corrected chi connectivity index (χ0v) is 9.46. The Morgan fingerprint density at radius 3 is 2.94 bits per heavy atom. The highest BCUT2D eigenvalue weighted by atomic mass is 35.5. The first-order valence-corrected chi connectivity index (χ1v) is 5.39. The smallest absolute Gasteiger partial charge is 0.228 e. The van der Waals surface area contributed by atoms with Crippen LogP contribution in [-0.4, -0.2) is 16.0 Å². The summed E-state index contributed by atoms with van der Waals surface area (Å²) in [7, 11) is 0. The molecule has 0 aliphatic rings. The van der Waals surface area contributed by atoms with E-state index in [0.29, 0.717) is 35.1 Å². The van der Waals surface area contributed by atoms with Crippen LogP contribution < -0.4 is 0 Å². The molecule has 0 unspecified atom stereocenters. The van der Waals surface area contributed by atoms with Gasteiger partial charge < -0.3 is 4.52 Å². The fourth-order valence-corrected chi connectivity index (χ4v) is 1.45. The number of hydrogen-bond acceptors (Lipinski definition) is 3. The van der Waals surface area contributed by atoms with Gasteiger partial charge in [0.15, 0.2) is 0 Å². The van der Waals surface area contributed by atoms with Gasteiger partial charge in [0.25, 0.3) is 0 Å². The van der Waals surface area contributed by atoms with Gasteiger partial charge in [0.1, 0.15) is 5.82 Å². The fraction of sp³-hybridized carbons (Fsp3) is 0.273. The third kappa shape index (κ3) is 2.22. The number of aromatic nitrogens is 2. The first-order valence-electron chi connectivity index (χ1n) is 4.86. The summed E-state index contributed by atoms with van der Waals surface area (Å²) in [4.78, 5) is 4.11. The highest BCUT2D eigenvalue weighted by Gasteiger charge is 2.09. The largest absolute Gasteiger partial charge is 0.339 e. The molecule has 0 N–H and O–H groups in total. The van der Waals surface area contributed by atoms with Gasteiger partial charge in [-0.25, -0.2) is 4.39 Å². The van der Waals surface area contributed by atoms with E-state index < -0.39 is 0 Å². The van der Waals surface area contributed by atoms with Crippen LogP contribution in [0.25, 0.3) is 11.4 Å². The second-order valence-electron chi connectivity index (χ2n) is 3.41. The van der Waals surface area contributed by atoms with Gasteiger partial charge in [-0.3, -0.25) is 0 Å². The lowest BCUT2D eigenvalue weighted by atomic mass is 10.1. The number of rotatable bonds is 3. The van der Waals surface area contributed by atoms with Crippen molar-refractivity contribution < 1.29 is 8.91 Å². The second-order valence-corrected chi connectivity index (χ2v) is 3.79. The van der Waals surface area contributed by atoms with E-state index in [0.717, 1.165) is 0 Å². The lowest BCUT2D eigenvalue weighted by molar-refractivity contribution is 0.383. The molecule has 84 valence electrons. The van der Waals surface area contributed by atoms with Crippen molar-refractivity contribution >= 4 is 11.6 Å². The summed E-state index contributed by atoms with van der Waals surface area (Å²) in [6.45, 7) is 1.70. The second kappa shape index (κ2) is 4.61. The van der Waals surface area contributed by atoms with Crippen LogP contribution in [0.2, 0.25) is 0 Å². The van der Waals surface area contributed by atoms with Gasteiger partial charge in [0.05, 0.1) is 0 Å². The zero-order chi connectivity index (χ0) is 11.5. The Balaban J connectivity index is 2.31. The molecule has 0 spiro atoms. The number of alkyl halides is 1. The molecule has 0 bridgehead atoms. The Morgan fingerprint density at radius 2 is 2.25 bits per heavy atom. The number of nitrogens with zero attached hydrogens (tertiary/aromatic N) is 2. The summed E-state index contributed by atoms with van der Waals surface area (Å²) in [5, 5.41) is 3.76. The average Bonchev–Trinajstić information content (AvgIpc) is 2.71. The van der Waals surface area contributed by atoms with Crippen molar-refractivity contribution in [2.75, 3.05) is 5.88 Å². The van der Waals surface area contributed by atoms with E-state index in [1.165, 1.54) is 6.07 Å². The Kier molecular flexibility index (Phi) is 3.19. The van der Waals surface area contributed by atoms with E-state index in [9.17, 15) is 4.39 Å². The Bertz CT molecular complexity index is 498. The lowest BCUT2D eigenvalue weighted by Crippen LogP contribution is -1.88. The summed E-state index contributed by atoms with van der Waals surface area (Å²) in [6, 6.07) is 4.83. The monoisotopic (exact) mass is 240 g/mol. The van der Waals surface area contributed by atoms with Gasteiger partial charge in [-0.15, -0.1) is 11.6 Å². The van der Waals surface area contributed by atoms with Crippen LogP contribution in [0.3, 0.4) is 0 Å². The first kappa shape index (κ1) is 11.1. The molecular weight excluding hydrogens is 231 g/mol. The maximum absolute atomic E-state index is 13.3. The molecule has 0 atom stereocenters. The van der Waals surface area contributed by atoms with Crippen molar-refractivity contribution in [2.45, 2.75) is 13.3 Å². The molecule has 0 saturated heterocycles. The molecule has 0 fully saturated rings. The Hall–Kier alpha value is -1.42. The average molecular weight is 241 g/mol. The quantitative estimate of drug-likeness (QED) is 0.775. The number of hydrogen-bond donors (Lipinski definition) is 0. The summed E-state index contributed by atoms with van der Waals surface area (Å²) in [6.07, 6.45) is 0.517. The lowest BCUT2D eigenvalue weighted by Gasteiger charge is -1.97. The van der Waals surface area contributed by atoms with Gasteiger partial charge in [0.2, 0.25) is 11.7 Å². The minimum absolute atomic E-state index is 0.277. The first-order chi connectivity index (χ1) is 7.70. The molecule has 0 aliphatic heterocycles. The molecule has 2 rings (SSSR count). The van der Waals surface area contributed by atoms with E-state index >= 15 is 0 Å². The van der Waals surface area contributed by atoms with Crippen molar-refractivity contribution in [3.05, 3.63) is 35.5 Å². The summed E-state index contributed by atoms with van der Waals surface area (Å²) in [5.74, 6) is 0.996. The van der Waals surface area contributed by atoms with Crippen LogP contribution in [0.5, 0.6) is 0 Å². The number of aryl methyl sites for hydroxylation is 2. The number of halogens is 2. The highest BCUT2D eigenvalue weighted by Crippen LogP contribution is 2.19. The van der Waals surface area contributed by atoms with Gasteiger partial charge in [-0.1, -0.05) is 17.3 Å². The van der Waals surface area contributed by atoms with Gasteiger partial charge in [0, 0.05) is 17.9 Å². The Morgan fingerprint density at radius 1 is 1.44 bits per heavy atom. The molecular formula is C11H10ClFN2O. The summed E-state index contributed by atoms with van der Waals surface area (Å²) >= 11 is 5.55. The van der Waals surface area contributed by atoms with E-state index in [-0.39, 0.29) is 5.82 Å². The van der Waals surface area contributed by atoms with Gasteiger partial charge >= 0.3 is 0 Å². The molecule has 0 radical (unpaired) electrons. The molecule has 0 amide bonds. The highest BCUT2D eigenvalue weighted by molar-refractivity contribution is 6.17. The molecule has 2 aromatic rings. The minimum Gasteiger partial charge on any atom is -0.339 e. The standard InChI is InChI=1S/C11H10ClFN2O/c1-7-2-3-8(6-9(7)13)11-14-10(4-5-12)16-15-11/h2-3,6H,4-5H2,1H3. The van der Waals surface area contributed by atoms with Crippen LogP contribution in [0, 0.1) is 12.7 Å². The van der Waals surface area contributed by atoms with Gasteiger partial charge in [-0.05, 0) is 18.6 Å². The number of benzene rings is 1.